The lowest BCUT2D eigenvalue weighted by atomic mass is 10.0. The Morgan fingerprint density at radius 3 is 2.27 bits per heavy atom. The molecule has 0 N–H and O–H groups in total. The first kappa shape index (κ1) is 17.0. The summed E-state index contributed by atoms with van der Waals surface area (Å²) in [7, 11) is 2.50. The summed E-state index contributed by atoms with van der Waals surface area (Å²) in [6.07, 6.45) is 1.57. The highest BCUT2D eigenvalue weighted by Crippen LogP contribution is 2.46. The first-order valence-electron chi connectivity index (χ1n) is 6.79. The Hall–Kier alpha value is -1.40. The fraction of sp³-hybridized carbons (Fsp3) is 0.375. The SMILES string of the molecule is COC(=O)C(=Cc1cc(C)ccc1C1SCCS1)C(=O)OC. The molecule has 0 amide bonds. The van der Waals surface area contributed by atoms with Crippen molar-refractivity contribution in [3.8, 4) is 0 Å². The van der Waals surface area contributed by atoms with Crippen LogP contribution in [0.5, 0.6) is 0 Å². The van der Waals surface area contributed by atoms with E-state index in [0.29, 0.717) is 4.58 Å². The van der Waals surface area contributed by atoms with Crippen molar-refractivity contribution in [1.82, 2.24) is 0 Å². The highest BCUT2D eigenvalue weighted by atomic mass is 32.2. The van der Waals surface area contributed by atoms with Gasteiger partial charge >= 0.3 is 11.9 Å². The number of ether oxygens (including phenoxy) is 2. The summed E-state index contributed by atoms with van der Waals surface area (Å²) >= 11 is 3.74. The number of rotatable bonds is 4. The van der Waals surface area contributed by atoms with Crippen LogP contribution in [0, 0.1) is 6.92 Å². The summed E-state index contributed by atoms with van der Waals surface area (Å²) in [6.45, 7) is 1.98. The number of esters is 2. The van der Waals surface area contributed by atoms with Crippen molar-refractivity contribution in [3.05, 3.63) is 40.5 Å². The van der Waals surface area contributed by atoms with Gasteiger partial charge in [-0.25, -0.2) is 9.59 Å². The third-order valence-corrected chi connectivity index (χ3v) is 6.30. The fourth-order valence-electron chi connectivity index (χ4n) is 2.15. The van der Waals surface area contributed by atoms with E-state index in [1.165, 1.54) is 14.2 Å². The standard InChI is InChI=1S/C16H18O4S2/c1-10-4-5-12(16-21-6-7-22-16)11(8-10)9-13(14(17)19-2)15(18)20-3/h4-5,8-9,16H,6-7H2,1-3H3. The molecule has 1 aromatic rings. The topological polar surface area (TPSA) is 52.6 Å². The van der Waals surface area contributed by atoms with Crippen LogP contribution in [-0.2, 0) is 19.1 Å². The summed E-state index contributed by atoms with van der Waals surface area (Å²) in [6, 6.07) is 6.08. The van der Waals surface area contributed by atoms with Gasteiger partial charge in [0.2, 0.25) is 0 Å². The van der Waals surface area contributed by atoms with Crippen LogP contribution < -0.4 is 0 Å². The highest BCUT2D eigenvalue weighted by Gasteiger charge is 2.24. The minimum atomic E-state index is -0.689. The molecule has 1 aliphatic rings. The average molecular weight is 338 g/mol. The molecule has 1 saturated heterocycles. The second-order valence-corrected chi connectivity index (χ2v) is 7.47. The van der Waals surface area contributed by atoms with E-state index in [2.05, 4.69) is 15.5 Å². The van der Waals surface area contributed by atoms with Crippen LogP contribution in [0.25, 0.3) is 6.08 Å². The molecule has 0 spiro atoms. The van der Waals surface area contributed by atoms with Crippen LogP contribution >= 0.6 is 23.5 Å². The highest BCUT2D eigenvalue weighted by molar-refractivity contribution is 8.19. The van der Waals surface area contributed by atoms with Gasteiger partial charge in [0.15, 0.2) is 0 Å². The predicted octanol–water partition coefficient (Wildman–Crippen LogP) is 3.20. The number of benzene rings is 1. The number of methoxy groups -OCH3 is 2. The average Bonchev–Trinajstić information content (AvgIpc) is 3.05. The summed E-state index contributed by atoms with van der Waals surface area (Å²) in [5, 5.41) is 0. The van der Waals surface area contributed by atoms with Crippen LogP contribution in [0.2, 0.25) is 0 Å². The lowest BCUT2D eigenvalue weighted by Gasteiger charge is -2.14. The van der Waals surface area contributed by atoms with Gasteiger partial charge in [-0.15, -0.1) is 23.5 Å². The Morgan fingerprint density at radius 2 is 1.73 bits per heavy atom. The van der Waals surface area contributed by atoms with E-state index in [1.807, 2.05) is 42.6 Å². The van der Waals surface area contributed by atoms with Crippen molar-refractivity contribution >= 4 is 41.5 Å². The van der Waals surface area contributed by atoms with Crippen LogP contribution in [0.15, 0.2) is 23.8 Å². The first-order chi connectivity index (χ1) is 10.6. The van der Waals surface area contributed by atoms with Crippen molar-refractivity contribution in [3.63, 3.8) is 0 Å². The van der Waals surface area contributed by atoms with E-state index in [4.69, 9.17) is 0 Å². The predicted molar refractivity (Wildman–Crippen MR) is 90.8 cm³/mol. The van der Waals surface area contributed by atoms with Crippen molar-refractivity contribution < 1.29 is 19.1 Å². The third-order valence-electron chi connectivity index (χ3n) is 3.23. The van der Waals surface area contributed by atoms with Crippen molar-refractivity contribution in [2.75, 3.05) is 25.7 Å². The number of aryl methyl sites for hydroxylation is 1. The van der Waals surface area contributed by atoms with Gasteiger partial charge in [-0.1, -0.05) is 23.8 Å². The second kappa shape index (κ2) is 7.74. The largest absolute Gasteiger partial charge is 0.465 e. The van der Waals surface area contributed by atoms with Gasteiger partial charge in [0.1, 0.15) is 5.57 Å². The Morgan fingerprint density at radius 1 is 1.14 bits per heavy atom. The lowest BCUT2D eigenvalue weighted by molar-refractivity contribution is -0.143. The molecular formula is C16H18O4S2. The quantitative estimate of drug-likeness (QED) is 0.364. The third kappa shape index (κ3) is 3.87. The Kier molecular flexibility index (Phi) is 5.97. The van der Waals surface area contributed by atoms with Gasteiger partial charge in [0.05, 0.1) is 18.8 Å². The molecule has 118 valence electrons. The van der Waals surface area contributed by atoms with E-state index in [-0.39, 0.29) is 5.57 Å². The van der Waals surface area contributed by atoms with E-state index >= 15 is 0 Å². The van der Waals surface area contributed by atoms with E-state index in [0.717, 1.165) is 28.2 Å². The van der Waals surface area contributed by atoms with Gasteiger partial charge in [-0.05, 0) is 24.1 Å². The Labute approximate surface area is 138 Å². The smallest absolute Gasteiger partial charge is 0.345 e. The molecule has 4 nitrogen and oxygen atoms in total. The van der Waals surface area contributed by atoms with Gasteiger partial charge in [0, 0.05) is 11.5 Å². The molecule has 1 aromatic carbocycles. The maximum atomic E-state index is 11.8. The van der Waals surface area contributed by atoms with Crippen molar-refractivity contribution in [2.24, 2.45) is 0 Å². The van der Waals surface area contributed by atoms with Crippen molar-refractivity contribution in [2.45, 2.75) is 11.5 Å². The Bertz CT molecular complexity index is 586. The number of hydrogen-bond donors (Lipinski definition) is 0. The number of thioether (sulfide) groups is 2. The molecule has 22 heavy (non-hydrogen) atoms. The lowest BCUT2D eigenvalue weighted by Crippen LogP contribution is -2.15. The van der Waals surface area contributed by atoms with E-state index in [1.54, 1.807) is 6.08 Å². The van der Waals surface area contributed by atoms with E-state index in [9.17, 15) is 9.59 Å². The normalized spacial score (nSPS) is 14.5. The minimum absolute atomic E-state index is 0.0927. The van der Waals surface area contributed by atoms with Gasteiger partial charge in [0.25, 0.3) is 0 Å². The molecule has 2 rings (SSSR count). The van der Waals surface area contributed by atoms with Gasteiger partial charge in [-0.2, -0.15) is 0 Å². The molecule has 0 saturated carbocycles. The molecule has 0 bridgehead atoms. The first-order valence-corrected chi connectivity index (χ1v) is 8.88. The second-order valence-electron chi connectivity index (χ2n) is 4.75. The van der Waals surface area contributed by atoms with Crippen LogP contribution in [0.1, 0.15) is 21.3 Å². The molecule has 0 atom stereocenters. The summed E-state index contributed by atoms with van der Waals surface area (Å²) in [5.74, 6) is 0.831. The maximum Gasteiger partial charge on any atom is 0.345 e. The molecular weight excluding hydrogens is 320 g/mol. The van der Waals surface area contributed by atoms with Crippen LogP contribution in [0.4, 0.5) is 0 Å². The molecule has 1 fully saturated rings. The van der Waals surface area contributed by atoms with Gasteiger partial charge in [-0.3, -0.25) is 0 Å². The van der Waals surface area contributed by atoms with Gasteiger partial charge < -0.3 is 9.47 Å². The number of carbonyl (C=O) groups is 2. The monoisotopic (exact) mass is 338 g/mol. The zero-order valence-corrected chi connectivity index (χ0v) is 14.4. The Balaban J connectivity index is 2.48. The number of hydrogen-bond acceptors (Lipinski definition) is 6. The summed E-state index contributed by atoms with van der Waals surface area (Å²) in [4.78, 5) is 23.7. The fourth-order valence-corrected chi connectivity index (χ4v) is 5.10. The molecule has 0 radical (unpaired) electrons. The maximum absolute atomic E-state index is 11.8. The molecule has 0 aliphatic carbocycles. The molecule has 0 aromatic heterocycles. The van der Waals surface area contributed by atoms with E-state index < -0.39 is 11.9 Å². The summed E-state index contributed by atoms with van der Waals surface area (Å²) in [5.41, 5.74) is 2.95. The number of carbonyl (C=O) groups excluding carboxylic acids is 2. The van der Waals surface area contributed by atoms with Crippen molar-refractivity contribution in [1.29, 1.82) is 0 Å². The molecule has 1 heterocycles. The van der Waals surface area contributed by atoms with Crippen LogP contribution in [-0.4, -0.2) is 37.7 Å². The minimum Gasteiger partial charge on any atom is -0.465 e. The molecule has 6 heteroatoms. The van der Waals surface area contributed by atoms with Crippen LogP contribution in [0.3, 0.4) is 0 Å². The molecule has 0 unspecified atom stereocenters. The summed E-state index contributed by atoms with van der Waals surface area (Å²) < 4.78 is 9.69. The molecule has 1 aliphatic heterocycles. The zero-order chi connectivity index (χ0) is 16.1. The zero-order valence-electron chi connectivity index (χ0n) is 12.8.